The van der Waals surface area contributed by atoms with E-state index in [9.17, 15) is 4.57 Å². The van der Waals surface area contributed by atoms with Crippen LogP contribution in [0.3, 0.4) is 0 Å². The topological polar surface area (TPSA) is 35.5 Å². The molecule has 1 rings (SSSR count). The molecule has 0 N–H and O–H groups in total. The van der Waals surface area contributed by atoms with Gasteiger partial charge in [-0.05, 0) is 32.2 Å². The number of rotatable bonds is 7. The summed E-state index contributed by atoms with van der Waals surface area (Å²) in [5.74, 6) is 3.16. The third-order valence-corrected chi connectivity index (χ3v) is 9.75. The van der Waals surface area contributed by atoms with E-state index in [1.165, 1.54) is 22.9 Å². The van der Waals surface area contributed by atoms with Crippen LogP contribution in [0, 0.1) is 0 Å². The van der Waals surface area contributed by atoms with Crippen molar-refractivity contribution in [2.45, 2.75) is 24.9 Å². The van der Waals surface area contributed by atoms with E-state index in [0.717, 1.165) is 5.75 Å². The van der Waals surface area contributed by atoms with Crippen molar-refractivity contribution in [1.82, 2.24) is 0 Å². The highest BCUT2D eigenvalue weighted by atomic mass is 32.7. The first-order valence-corrected chi connectivity index (χ1v) is 10.5. The van der Waals surface area contributed by atoms with Crippen LogP contribution in [0.1, 0.15) is 20.8 Å². The molecular weight excluding hydrogens is 283 g/mol. The van der Waals surface area contributed by atoms with Gasteiger partial charge in [-0.15, -0.1) is 23.5 Å². The van der Waals surface area contributed by atoms with Gasteiger partial charge in [0.25, 0.3) is 0 Å². The number of hydrogen-bond donors (Lipinski definition) is 0. The average Bonchev–Trinajstić information content (AvgIpc) is 2.64. The van der Waals surface area contributed by atoms with Gasteiger partial charge in [-0.1, -0.05) is 0 Å². The molecule has 0 atom stereocenters. The standard InChI is InChI=1S/C9H19O3PS3/c1-4-11-13(10,12-5-2)16-8-9(3)14-6-7-15-9/h4-8H2,1-3H3. The van der Waals surface area contributed by atoms with Crippen LogP contribution >= 0.6 is 41.7 Å². The van der Waals surface area contributed by atoms with Gasteiger partial charge in [-0.2, -0.15) is 0 Å². The molecule has 0 aromatic heterocycles. The minimum absolute atomic E-state index is 0.161. The van der Waals surface area contributed by atoms with Gasteiger partial charge >= 0.3 is 6.80 Å². The second-order valence-electron chi connectivity index (χ2n) is 3.39. The third-order valence-electron chi connectivity index (χ3n) is 1.96. The highest BCUT2D eigenvalue weighted by Crippen LogP contribution is 2.63. The summed E-state index contributed by atoms with van der Waals surface area (Å²) in [6.07, 6.45) is 0. The van der Waals surface area contributed by atoms with E-state index in [1.54, 1.807) is 0 Å². The maximum Gasteiger partial charge on any atom is 0.389 e. The first-order valence-electron chi connectivity index (χ1n) is 5.35. The highest BCUT2D eigenvalue weighted by molar-refractivity contribution is 8.55. The Labute approximate surface area is 110 Å². The van der Waals surface area contributed by atoms with E-state index in [-0.39, 0.29) is 4.08 Å². The predicted octanol–water partition coefficient (Wildman–Crippen LogP) is 4.10. The van der Waals surface area contributed by atoms with Crippen molar-refractivity contribution in [3.63, 3.8) is 0 Å². The van der Waals surface area contributed by atoms with Crippen LogP contribution in [-0.2, 0) is 13.6 Å². The molecule has 16 heavy (non-hydrogen) atoms. The second-order valence-corrected chi connectivity index (χ2v) is 10.9. The molecule has 7 heteroatoms. The molecule has 0 aliphatic carbocycles. The lowest BCUT2D eigenvalue weighted by molar-refractivity contribution is 0.237. The largest absolute Gasteiger partial charge is 0.389 e. The van der Waals surface area contributed by atoms with E-state index in [0.29, 0.717) is 13.2 Å². The van der Waals surface area contributed by atoms with Gasteiger partial charge in [-0.25, -0.2) is 4.57 Å². The van der Waals surface area contributed by atoms with Crippen molar-refractivity contribution >= 4 is 41.7 Å². The van der Waals surface area contributed by atoms with E-state index < -0.39 is 6.80 Å². The molecule has 1 fully saturated rings. The van der Waals surface area contributed by atoms with E-state index >= 15 is 0 Å². The zero-order chi connectivity index (χ0) is 12.1. The molecule has 1 saturated heterocycles. The summed E-state index contributed by atoms with van der Waals surface area (Å²) in [7, 11) is 0. The molecule has 0 radical (unpaired) electrons. The Kier molecular flexibility index (Phi) is 6.63. The van der Waals surface area contributed by atoms with Gasteiger partial charge < -0.3 is 9.05 Å². The molecule has 0 saturated carbocycles. The molecular formula is C9H19O3PS3. The summed E-state index contributed by atoms with van der Waals surface area (Å²) < 4.78 is 22.9. The van der Waals surface area contributed by atoms with Crippen LogP contribution in [0.5, 0.6) is 0 Å². The zero-order valence-electron chi connectivity index (χ0n) is 9.93. The summed E-state index contributed by atoms with van der Waals surface area (Å²) in [5.41, 5.74) is 0. The lowest BCUT2D eigenvalue weighted by Crippen LogP contribution is -2.14. The summed E-state index contributed by atoms with van der Waals surface area (Å²) in [5, 5.41) is 0. The van der Waals surface area contributed by atoms with E-state index in [2.05, 4.69) is 6.92 Å². The van der Waals surface area contributed by atoms with Gasteiger partial charge in [0, 0.05) is 17.3 Å². The first-order chi connectivity index (χ1) is 7.54. The summed E-state index contributed by atoms with van der Waals surface area (Å²) in [6, 6.07) is 0. The van der Waals surface area contributed by atoms with Crippen LogP contribution in [0.2, 0.25) is 0 Å². The van der Waals surface area contributed by atoms with Gasteiger partial charge in [-0.3, -0.25) is 0 Å². The van der Waals surface area contributed by atoms with Crippen LogP contribution in [0.15, 0.2) is 0 Å². The SMILES string of the molecule is CCOP(=O)(OCC)SCC1(C)SCCS1. The number of thioether (sulfide) groups is 2. The van der Waals surface area contributed by atoms with Gasteiger partial charge in [0.1, 0.15) is 0 Å². The monoisotopic (exact) mass is 302 g/mol. The molecule has 0 aromatic carbocycles. The average molecular weight is 302 g/mol. The minimum atomic E-state index is -2.92. The minimum Gasteiger partial charge on any atom is -0.301 e. The molecule has 96 valence electrons. The normalized spacial score (nSPS) is 20.2. The summed E-state index contributed by atoms with van der Waals surface area (Å²) >= 11 is 5.20. The lowest BCUT2D eigenvalue weighted by Gasteiger charge is -2.23. The van der Waals surface area contributed by atoms with Crippen LogP contribution in [-0.4, -0.2) is 34.6 Å². The molecule has 3 nitrogen and oxygen atoms in total. The highest BCUT2D eigenvalue weighted by Gasteiger charge is 2.35. The molecule has 0 spiro atoms. The Morgan fingerprint density at radius 2 is 1.75 bits per heavy atom. The fraction of sp³-hybridized carbons (Fsp3) is 1.00. The van der Waals surface area contributed by atoms with Crippen LogP contribution in [0.25, 0.3) is 0 Å². The maximum absolute atomic E-state index is 12.2. The van der Waals surface area contributed by atoms with Crippen molar-refractivity contribution < 1.29 is 13.6 Å². The Morgan fingerprint density at radius 3 is 2.19 bits per heavy atom. The van der Waals surface area contributed by atoms with E-state index in [1.807, 2.05) is 37.4 Å². The lowest BCUT2D eigenvalue weighted by atomic mass is 10.5. The quantitative estimate of drug-likeness (QED) is 0.659. The molecule has 0 aromatic rings. The smallest absolute Gasteiger partial charge is 0.301 e. The van der Waals surface area contributed by atoms with E-state index in [4.69, 9.17) is 9.05 Å². The van der Waals surface area contributed by atoms with Crippen LogP contribution in [0.4, 0.5) is 0 Å². The zero-order valence-corrected chi connectivity index (χ0v) is 13.3. The molecule has 1 aliphatic rings. The molecule has 1 heterocycles. The first kappa shape index (κ1) is 15.3. The fourth-order valence-corrected chi connectivity index (χ4v) is 8.75. The van der Waals surface area contributed by atoms with Crippen molar-refractivity contribution in [1.29, 1.82) is 0 Å². The Balaban J connectivity index is 2.45. The van der Waals surface area contributed by atoms with Gasteiger partial charge in [0.05, 0.1) is 17.3 Å². The Hall–Kier alpha value is 1.20. The van der Waals surface area contributed by atoms with Gasteiger partial charge in [0.15, 0.2) is 0 Å². The molecule has 0 unspecified atom stereocenters. The van der Waals surface area contributed by atoms with Crippen molar-refractivity contribution in [3.8, 4) is 0 Å². The van der Waals surface area contributed by atoms with Crippen molar-refractivity contribution in [3.05, 3.63) is 0 Å². The third kappa shape index (κ3) is 4.83. The Bertz CT molecular complexity index is 246. The van der Waals surface area contributed by atoms with Gasteiger partial charge in [0.2, 0.25) is 0 Å². The van der Waals surface area contributed by atoms with Crippen LogP contribution < -0.4 is 0 Å². The molecule has 1 aliphatic heterocycles. The fourth-order valence-electron chi connectivity index (χ4n) is 1.26. The van der Waals surface area contributed by atoms with Crippen molar-refractivity contribution in [2.24, 2.45) is 0 Å². The summed E-state index contributed by atoms with van der Waals surface area (Å²) in [4.78, 5) is 0. The van der Waals surface area contributed by atoms with Crippen molar-refractivity contribution in [2.75, 3.05) is 30.5 Å². The molecule has 0 amide bonds. The number of hydrogen-bond acceptors (Lipinski definition) is 6. The summed E-state index contributed by atoms with van der Waals surface area (Å²) in [6.45, 7) is 3.82. The predicted molar refractivity (Wildman–Crippen MR) is 76.6 cm³/mol. The molecule has 0 bridgehead atoms. The second kappa shape index (κ2) is 6.95. The maximum atomic E-state index is 12.2. The Morgan fingerprint density at radius 1 is 1.25 bits per heavy atom.